The van der Waals surface area contributed by atoms with Gasteiger partial charge in [-0.2, -0.15) is 4.31 Å². The zero-order chi connectivity index (χ0) is 15.1. The molecule has 2 atom stereocenters. The van der Waals surface area contributed by atoms with Gasteiger partial charge in [-0.15, -0.1) is 0 Å². The Morgan fingerprint density at radius 3 is 2.65 bits per heavy atom. The Morgan fingerprint density at radius 1 is 1.35 bits per heavy atom. The molecule has 2 unspecified atom stereocenters. The summed E-state index contributed by atoms with van der Waals surface area (Å²) in [5.74, 6) is 0.381. The molecular formula is C14H21BrN2O2S. The molecule has 0 amide bonds. The van der Waals surface area contributed by atoms with Crippen LogP contribution in [0.2, 0.25) is 0 Å². The van der Waals surface area contributed by atoms with Crippen molar-refractivity contribution in [2.75, 3.05) is 12.3 Å². The number of benzene rings is 1. The van der Waals surface area contributed by atoms with Gasteiger partial charge in [0.25, 0.3) is 0 Å². The average Bonchev–Trinajstić information content (AvgIpc) is 2.36. The Labute approximate surface area is 129 Å². The summed E-state index contributed by atoms with van der Waals surface area (Å²) < 4.78 is 28.1. The zero-order valence-corrected chi connectivity index (χ0v) is 14.5. The minimum atomic E-state index is -3.48. The molecule has 1 heterocycles. The minimum absolute atomic E-state index is 0.0259. The molecule has 1 aromatic rings. The van der Waals surface area contributed by atoms with Crippen LogP contribution in [0, 0.1) is 12.8 Å². The van der Waals surface area contributed by atoms with Gasteiger partial charge in [-0.3, -0.25) is 0 Å². The van der Waals surface area contributed by atoms with Gasteiger partial charge in [0.2, 0.25) is 10.0 Å². The highest BCUT2D eigenvalue weighted by atomic mass is 79.9. The molecule has 1 aliphatic rings. The van der Waals surface area contributed by atoms with E-state index in [1.165, 1.54) is 0 Å². The molecular weight excluding hydrogens is 340 g/mol. The molecule has 0 aliphatic carbocycles. The van der Waals surface area contributed by atoms with Crippen molar-refractivity contribution in [3.8, 4) is 0 Å². The van der Waals surface area contributed by atoms with Crippen molar-refractivity contribution in [3.63, 3.8) is 0 Å². The molecule has 1 aliphatic heterocycles. The third-order valence-corrected chi connectivity index (χ3v) is 7.01. The van der Waals surface area contributed by atoms with Gasteiger partial charge >= 0.3 is 0 Å². The summed E-state index contributed by atoms with van der Waals surface area (Å²) in [5, 5.41) is 0. The topological polar surface area (TPSA) is 63.4 Å². The highest BCUT2D eigenvalue weighted by Gasteiger charge is 2.35. The van der Waals surface area contributed by atoms with Crippen LogP contribution >= 0.6 is 15.9 Å². The number of aryl methyl sites for hydroxylation is 1. The van der Waals surface area contributed by atoms with Crippen LogP contribution in [0.15, 0.2) is 21.5 Å². The normalized spacial score (nSPS) is 24.8. The van der Waals surface area contributed by atoms with E-state index >= 15 is 0 Å². The maximum Gasteiger partial charge on any atom is 0.243 e. The highest BCUT2D eigenvalue weighted by Crippen LogP contribution is 2.33. The number of hydrogen-bond acceptors (Lipinski definition) is 3. The van der Waals surface area contributed by atoms with E-state index in [-0.39, 0.29) is 6.04 Å². The summed E-state index contributed by atoms with van der Waals surface area (Å²) in [6.07, 6.45) is 1.99. The Kier molecular flexibility index (Phi) is 4.47. The molecule has 1 saturated heterocycles. The SMILES string of the molecule is Cc1cc(Br)c(N)cc1S(=O)(=O)N1CCCC(C)C1C. The smallest absolute Gasteiger partial charge is 0.243 e. The second kappa shape index (κ2) is 5.66. The van der Waals surface area contributed by atoms with Crippen LogP contribution in [-0.2, 0) is 10.0 Å². The molecule has 0 bridgehead atoms. The van der Waals surface area contributed by atoms with E-state index in [1.807, 2.05) is 6.92 Å². The zero-order valence-electron chi connectivity index (χ0n) is 12.1. The molecule has 0 saturated carbocycles. The van der Waals surface area contributed by atoms with Gasteiger partial charge in [0.1, 0.15) is 0 Å². The summed E-state index contributed by atoms with van der Waals surface area (Å²) in [4.78, 5) is 0.319. The molecule has 0 radical (unpaired) electrons. The van der Waals surface area contributed by atoms with Gasteiger partial charge in [0.05, 0.1) is 4.90 Å². The molecule has 112 valence electrons. The first-order valence-corrected chi connectivity index (χ1v) is 9.06. The van der Waals surface area contributed by atoms with Gasteiger partial charge in [-0.25, -0.2) is 8.42 Å². The molecule has 4 nitrogen and oxygen atoms in total. The number of sulfonamides is 1. The lowest BCUT2D eigenvalue weighted by atomic mass is 9.94. The van der Waals surface area contributed by atoms with Gasteiger partial charge in [0.15, 0.2) is 0 Å². The first-order chi connectivity index (χ1) is 9.25. The number of nitrogen functional groups attached to an aromatic ring is 1. The number of nitrogens with two attached hydrogens (primary N) is 1. The summed E-state index contributed by atoms with van der Waals surface area (Å²) in [6, 6.07) is 3.35. The van der Waals surface area contributed by atoms with Crippen LogP contribution in [0.5, 0.6) is 0 Å². The quantitative estimate of drug-likeness (QED) is 0.823. The van der Waals surface area contributed by atoms with Crippen molar-refractivity contribution in [2.45, 2.75) is 44.6 Å². The van der Waals surface area contributed by atoms with Gasteiger partial charge in [-0.1, -0.05) is 6.92 Å². The second-order valence-corrected chi connectivity index (χ2v) is 8.33. The second-order valence-electron chi connectivity index (χ2n) is 5.62. The van der Waals surface area contributed by atoms with Gasteiger partial charge in [-0.05, 0) is 66.2 Å². The Bertz CT molecular complexity index is 616. The molecule has 0 aromatic heterocycles. The van der Waals surface area contributed by atoms with E-state index in [0.29, 0.717) is 23.0 Å². The van der Waals surface area contributed by atoms with Crippen LogP contribution in [0.25, 0.3) is 0 Å². The lowest BCUT2D eigenvalue weighted by Crippen LogP contribution is -2.46. The van der Waals surface area contributed by atoms with Crippen molar-refractivity contribution in [3.05, 3.63) is 22.2 Å². The van der Waals surface area contributed by atoms with Crippen molar-refractivity contribution >= 4 is 31.6 Å². The molecule has 1 aromatic carbocycles. The number of anilines is 1. The number of rotatable bonds is 2. The number of halogens is 1. The van der Waals surface area contributed by atoms with E-state index in [2.05, 4.69) is 22.9 Å². The van der Waals surface area contributed by atoms with Gasteiger partial charge in [0, 0.05) is 22.7 Å². The lowest BCUT2D eigenvalue weighted by Gasteiger charge is -2.37. The van der Waals surface area contributed by atoms with E-state index in [9.17, 15) is 8.42 Å². The summed E-state index contributed by atoms with van der Waals surface area (Å²) >= 11 is 3.33. The first kappa shape index (κ1) is 15.8. The summed E-state index contributed by atoms with van der Waals surface area (Å²) in [6.45, 7) is 6.48. The molecule has 20 heavy (non-hydrogen) atoms. The third-order valence-electron chi connectivity index (χ3n) is 4.20. The fraction of sp³-hybridized carbons (Fsp3) is 0.571. The van der Waals surface area contributed by atoms with Crippen LogP contribution in [-0.4, -0.2) is 25.3 Å². The van der Waals surface area contributed by atoms with Crippen molar-refractivity contribution in [2.24, 2.45) is 5.92 Å². The van der Waals surface area contributed by atoms with Gasteiger partial charge < -0.3 is 5.73 Å². The number of piperidine rings is 1. The number of hydrogen-bond donors (Lipinski definition) is 1. The maximum atomic E-state index is 12.9. The Balaban J connectivity index is 2.47. The molecule has 2 rings (SSSR count). The predicted molar refractivity (Wildman–Crippen MR) is 85.0 cm³/mol. The van der Waals surface area contributed by atoms with E-state index in [4.69, 9.17) is 5.73 Å². The van der Waals surface area contributed by atoms with Crippen LogP contribution in [0.3, 0.4) is 0 Å². The van der Waals surface area contributed by atoms with Crippen LogP contribution in [0.4, 0.5) is 5.69 Å². The van der Waals surface area contributed by atoms with Crippen LogP contribution < -0.4 is 5.73 Å². The van der Waals surface area contributed by atoms with Crippen LogP contribution in [0.1, 0.15) is 32.3 Å². The fourth-order valence-electron chi connectivity index (χ4n) is 2.71. The number of nitrogens with zero attached hydrogens (tertiary/aromatic N) is 1. The van der Waals surface area contributed by atoms with E-state index in [0.717, 1.165) is 22.9 Å². The molecule has 1 fully saturated rings. The fourth-order valence-corrected chi connectivity index (χ4v) is 5.18. The largest absolute Gasteiger partial charge is 0.398 e. The van der Waals surface area contributed by atoms with Crippen molar-refractivity contribution < 1.29 is 8.42 Å². The molecule has 0 spiro atoms. The monoisotopic (exact) mass is 360 g/mol. The maximum absolute atomic E-state index is 12.9. The summed E-state index contributed by atoms with van der Waals surface area (Å²) in [7, 11) is -3.48. The predicted octanol–water partition coefficient (Wildman–Crippen LogP) is 3.15. The van der Waals surface area contributed by atoms with Crippen molar-refractivity contribution in [1.29, 1.82) is 0 Å². The third kappa shape index (κ3) is 2.73. The Hall–Kier alpha value is -0.590. The minimum Gasteiger partial charge on any atom is -0.398 e. The molecule has 2 N–H and O–H groups in total. The average molecular weight is 361 g/mol. The Morgan fingerprint density at radius 2 is 2.00 bits per heavy atom. The standard InChI is InChI=1S/C14H21BrN2O2S/c1-9-5-4-6-17(11(9)3)20(18,19)14-8-13(16)12(15)7-10(14)2/h7-9,11H,4-6,16H2,1-3H3. The first-order valence-electron chi connectivity index (χ1n) is 6.82. The van der Waals surface area contributed by atoms with Crippen molar-refractivity contribution in [1.82, 2.24) is 4.31 Å². The highest BCUT2D eigenvalue weighted by molar-refractivity contribution is 9.10. The molecule has 6 heteroatoms. The summed E-state index contributed by atoms with van der Waals surface area (Å²) in [5.41, 5.74) is 7.02. The van der Waals surface area contributed by atoms with E-state index < -0.39 is 10.0 Å². The lowest BCUT2D eigenvalue weighted by molar-refractivity contribution is 0.202. The van der Waals surface area contributed by atoms with E-state index in [1.54, 1.807) is 23.4 Å².